The quantitative estimate of drug-likeness (QED) is 0.190. The Bertz CT molecular complexity index is 998. The summed E-state index contributed by atoms with van der Waals surface area (Å²) in [6, 6.07) is 6.82. The number of esters is 1. The van der Waals surface area contributed by atoms with Crippen LogP contribution in [0.4, 0.5) is 13.2 Å². The number of amides is 1. The molecule has 1 aromatic carbocycles. The number of aromatic nitrogens is 1. The molecule has 0 saturated carbocycles. The van der Waals surface area contributed by atoms with Crippen LogP contribution in [0.15, 0.2) is 35.2 Å². The molecule has 172 valence electrons. The zero-order valence-corrected chi connectivity index (χ0v) is 18.0. The molecule has 12 heteroatoms. The van der Waals surface area contributed by atoms with Crippen molar-refractivity contribution in [1.82, 2.24) is 10.3 Å². The number of hydrogen-bond acceptors (Lipinski definition) is 8. The Morgan fingerprint density at radius 2 is 1.88 bits per heavy atom. The van der Waals surface area contributed by atoms with E-state index >= 15 is 0 Å². The summed E-state index contributed by atoms with van der Waals surface area (Å²) in [7, 11) is 1.14. The first kappa shape index (κ1) is 25.3. The van der Waals surface area contributed by atoms with Crippen LogP contribution in [-0.2, 0) is 14.0 Å². The Morgan fingerprint density at radius 3 is 2.47 bits per heavy atom. The van der Waals surface area contributed by atoms with Crippen molar-refractivity contribution in [2.45, 2.75) is 25.1 Å². The van der Waals surface area contributed by atoms with Crippen molar-refractivity contribution >= 4 is 30.2 Å². The van der Waals surface area contributed by atoms with E-state index in [0.29, 0.717) is 12.8 Å². The van der Waals surface area contributed by atoms with E-state index in [0.717, 1.165) is 7.11 Å². The summed E-state index contributed by atoms with van der Waals surface area (Å²) in [4.78, 5) is 43.7. The topological polar surface area (TPSA) is 104 Å². The van der Waals surface area contributed by atoms with E-state index < -0.39 is 18.2 Å². The predicted molar refractivity (Wildman–Crippen MR) is 108 cm³/mol. The zero-order chi connectivity index (χ0) is 23.9. The van der Waals surface area contributed by atoms with Gasteiger partial charge in [-0.3, -0.25) is 9.59 Å². The lowest BCUT2D eigenvalue weighted by atomic mass is 9.98. The molecule has 32 heavy (non-hydrogen) atoms. The largest absolute Gasteiger partial charge is 0.550 e. The van der Waals surface area contributed by atoms with Crippen molar-refractivity contribution in [2.24, 2.45) is 5.92 Å². The van der Waals surface area contributed by atoms with Crippen LogP contribution in [0.25, 0.3) is 11.1 Å². The van der Waals surface area contributed by atoms with Gasteiger partial charge in [0, 0.05) is 22.6 Å². The van der Waals surface area contributed by atoms with Gasteiger partial charge < -0.3 is 10.1 Å². The number of carbonyl (C=O) groups excluding carboxylic acids is 3. The third-order valence-corrected chi connectivity index (χ3v) is 4.46. The lowest BCUT2D eigenvalue weighted by Gasteiger charge is -2.13. The van der Waals surface area contributed by atoms with Crippen molar-refractivity contribution in [3.63, 3.8) is 0 Å². The average molecular weight is 472 g/mol. The number of carbonyl (C=O) groups is 3. The second-order valence-electron chi connectivity index (χ2n) is 6.74. The number of halogens is 3. The highest BCUT2D eigenvalue weighted by Crippen LogP contribution is 2.31. The molecule has 0 radical (unpaired) electrons. The molecule has 0 spiro atoms. The van der Waals surface area contributed by atoms with E-state index in [-0.39, 0.29) is 50.9 Å². The Labute approximate surface area is 185 Å². The molecule has 2 rings (SSSR count). The number of ether oxygens (including phenoxy) is 1. The van der Waals surface area contributed by atoms with E-state index in [1.54, 1.807) is 0 Å². The maximum absolute atomic E-state index is 12.3. The number of methoxy groups -OCH3 is 1. The standard InChI is InChI=1S/C20H19F3N2O6S/c1-11(2)9-24-18(27)16-7-6-15(17(25-16)19(28)29-3)14-5-4-13(8-12(14)10-26)32-31-30-20(21,22)23/h4-8,10-11H,9H2,1-3H3,(H,24,27). The van der Waals surface area contributed by atoms with Crippen LogP contribution < -0.4 is 5.32 Å². The summed E-state index contributed by atoms with van der Waals surface area (Å²) in [5.74, 6) is -1.12. The third kappa shape index (κ3) is 7.04. The Kier molecular flexibility index (Phi) is 8.75. The highest BCUT2D eigenvalue weighted by molar-refractivity contribution is 7.94. The van der Waals surface area contributed by atoms with Crippen molar-refractivity contribution in [3.05, 3.63) is 47.3 Å². The van der Waals surface area contributed by atoms with Crippen LogP contribution in [0.1, 0.15) is 45.2 Å². The Hall–Kier alpha value is -2.96. The number of alkyl halides is 3. The SMILES string of the molecule is COC(=O)c1nc(C(=O)NCC(C)C)ccc1-c1ccc(SOOC(F)(F)F)cc1C=O. The van der Waals surface area contributed by atoms with Crippen LogP contribution in [0.5, 0.6) is 0 Å². The van der Waals surface area contributed by atoms with Gasteiger partial charge in [0.15, 0.2) is 12.0 Å². The fraction of sp³-hybridized carbons (Fsp3) is 0.300. The predicted octanol–water partition coefficient (Wildman–Crippen LogP) is 4.21. The molecule has 8 nitrogen and oxygen atoms in total. The van der Waals surface area contributed by atoms with Crippen LogP contribution in [0, 0.1) is 5.92 Å². The molecule has 1 aromatic heterocycles. The summed E-state index contributed by atoms with van der Waals surface area (Å²) in [5, 5.41) is 2.68. The second-order valence-corrected chi connectivity index (χ2v) is 7.51. The van der Waals surface area contributed by atoms with Crippen LogP contribution in [-0.4, -0.2) is 43.2 Å². The van der Waals surface area contributed by atoms with E-state index in [9.17, 15) is 27.6 Å². The molecule has 0 atom stereocenters. The molecule has 1 N–H and O–H groups in total. The van der Waals surface area contributed by atoms with Gasteiger partial charge in [0.1, 0.15) is 5.69 Å². The smallest absolute Gasteiger partial charge is 0.464 e. The van der Waals surface area contributed by atoms with Crippen LogP contribution in [0.2, 0.25) is 0 Å². The summed E-state index contributed by atoms with van der Waals surface area (Å²) >= 11 is 0.249. The first-order valence-corrected chi connectivity index (χ1v) is 9.86. The van der Waals surface area contributed by atoms with Crippen LogP contribution in [0.3, 0.4) is 0 Å². The van der Waals surface area contributed by atoms with Gasteiger partial charge in [-0.1, -0.05) is 19.9 Å². The maximum atomic E-state index is 12.3. The molecular formula is C20H19F3N2O6S. The van der Waals surface area contributed by atoms with Gasteiger partial charge in [-0.05, 0) is 35.7 Å². The lowest BCUT2D eigenvalue weighted by molar-refractivity contribution is -0.440. The van der Waals surface area contributed by atoms with Crippen LogP contribution >= 0.6 is 12.0 Å². The minimum atomic E-state index is -4.98. The summed E-state index contributed by atoms with van der Waals surface area (Å²) in [6.45, 7) is 4.24. The van der Waals surface area contributed by atoms with Crippen molar-refractivity contribution < 1.29 is 41.5 Å². The first-order valence-electron chi connectivity index (χ1n) is 9.12. The number of nitrogens with zero attached hydrogens (tertiary/aromatic N) is 1. The van der Waals surface area contributed by atoms with Gasteiger partial charge in [0.2, 0.25) is 0 Å². The second kappa shape index (κ2) is 11.1. The number of nitrogens with one attached hydrogen (secondary N) is 1. The fourth-order valence-electron chi connectivity index (χ4n) is 2.47. The van der Waals surface area contributed by atoms with Gasteiger partial charge in [-0.25, -0.2) is 9.78 Å². The third-order valence-electron chi connectivity index (χ3n) is 3.88. The summed E-state index contributed by atoms with van der Waals surface area (Å²) in [6.07, 6.45) is -4.53. The number of aldehydes is 1. The molecule has 0 unspecified atom stereocenters. The first-order chi connectivity index (χ1) is 15.1. The Balaban J connectivity index is 2.39. The van der Waals surface area contributed by atoms with E-state index in [2.05, 4.69) is 19.5 Å². The average Bonchev–Trinajstić information content (AvgIpc) is 2.75. The highest BCUT2D eigenvalue weighted by atomic mass is 32.2. The molecule has 1 heterocycles. The zero-order valence-electron chi connectivity index (χ0n) is 17.2. The summed E-state index contributed by atoms with van der Waals surface area (Å²) < 4.78 is 44.9. The van der Waals surface area contributed by atoms with Gasteiger partial charge >= 0.3 is 12.3 Å². The molecule has 0 fully saturated rings. The molecule has 0 saturated heterocycles. The highest BCUT2D eigenvalue weighted by Gasteiger charge is 2.31. The number of hydrogen-bond donors (Lipinski definition) is 1. The van der Waals surface area contributed by atoms with E-state index in [1.807, 2.05) is 13.8 Å². The molecular weight excluding hydrogens is 453 g/mol. The maximum Gasteiger partial charge on any atom is 0.550 e. The minimum absolute atomic E-state index is 0.0210. The van der Waals surface area contributed by atoms with Crippen molar-refractivity contribution in [2.75, 3.05) is 13.7 Å². The van der Waals surface area contributed by atoms with E-state index in [1.165, 1.54) is 30.3 Å². The number of benzene rings is 1. The molecule has 0 aliphatic rings. The van der Waals surface area contributed by atoms with Crippen molar-refractivity contribution in [3.8, 4) is 11.1 Å². The van der Waals surface area contributed by atoms with Gasteiger partial charge in [0.25, 0.3) is 5.91 Å². The lowest BCUT2D eigenvalue weighted by Crippen LogP contribution is -2.28. The molecule has 0 aliphatic heterocycles. The molecule has 1 amide bonds. The number of rotatable bonds is 9. The van der Waals surface area contributed by atoms with Crippen molar-refractivity contribution in [1.29, 1.82) is 0 Å². The summed E-state index contributed by atoms with van der Waals surface area (Å²) in [5.41, 5.74) is 0.262. The van der Waals surface area contributed by atoms with Gasteiger partial charge in [0.05, 0.1) is 19.2 Å². The normalized spacial score (nSPS) is 11.3. The monoisotopic (exact) mass is 472 g/mol. The van der Waals surface area contributed by atoms with Gasteiger partial charge in [-0.2, -0.15) is 4.33 Å². The molecule has 0 aliphatic carbocycles. The van der Waals surface area contributed by atoms with Gasteiger partial charge in [-0.15, -0.1) is 18.1 Å². The fourth-order valence-corrected chi connectivity index (χ4v) is 2.96. The minimum Gasteiger partial charge on any atom is -0.464 e. The molecule has 2 aromatic rings. The molecule has 0 bridgehead atoms. The van der Waals surface area contributed by atoms with E-state index in [4.69, 9.17) is 4.74 Å². The Morgan fingerprint density at radius 1 is 1.19 bits per heavy atom. The number of pyridine rings is 1.